The van der Waals surface area contributed by atoms with Crippen LogP contribution in [-0.4, -0.2) is 65.7 Å². The molecule has 3 aromatic rings. The lowest BCUT2D eigenvalue weighted by atomic mass is 10.1. The van der Waals surface area contributed by atoms with Gasteiger partial charge in [-0.1, -0.05) is 29.8 Å². The monoisotopic (exact) mass is 640 g/mol. The number of ether oxygens (including phenoxy) is 2. The van der Waals surface area contributed by atoms with Crippen LogP contribution in [0.5, 0.6) is 0 Å². The van der Waals surface area contributed by atoms with E-state index in [9.17, 15) is 36.4 Å². The number of nitrogens with zero attached hydrogens (tertiary/aromatic N) is 5. The van der Waals surface area contributed by atoms with Crippen LogP contribution in [0, 0.1) is 12.1 Å². The molecular formula is C26H27F3N6O8S. The van der Waals surface area contributed by atoms with Crippen molar-refractivity contribution in [3.63, 3.8) is 0 Å². The summed E-state index contributed by atoms with van der Waals surface area (Å²) in [6.07, 6.45) is -6.09. The van der Waals surface area contributed by atoms with E-state index >= 15 is 0 Å². The molecule has 44 heavy (non-hydrogen) atoms. The molecule has 1 fully saturated rings. The third-order valence-electron chi connectivity index (χ3n) is 6.18. The Morgan fingerprint density at radius 2 is 1.82 bits per heavy atom. The fourth-order valence-electron chi connectivity index (χ4n) is 3.94. The van der Waals surface area contributed by atoms with Crippen LogP contribution in [0.4, 0.5) is 18.0 Å². The number of carbonyl (C=O) groups excluding carboxylic acids is 2. The van der Waals surface area contributed by atoms with Crippen LogP contribution in [0.1, 0.15) is 31.5 Å². The molecule has 18 heteroatoms. The average Bonchev–Trinajstić information content (AvgIpc) is 3.37. The topological polar surface area (TPSA) is 167 Å². The zero-order valence-electron chi connectivity index (χ0n) is 23.5. The third-order valence-corrected chi connectivity index (χ3v) is 7.54. The first-order valence-electron chi connectivity index (χ1n) is 13.0. The van der Waals surface area contributed by atoms with Gasteiger partial charge in [-0.2, -0.15) is 18.3 Å². The van der Waals surface area contributed by atoms with Crippen LogP contribution in [-0.2, 0) is 35.3 Å². The molecule has 0 spiro atoms. The Morgan fingerprint density at radius 3 is 2.39 bits per heavy atom. The fourth-order valence-corrected chi connectivity index (χ4v) is 4.95. The van der Waals surface area contributed by atoms with Crippen molar-refractivity contribution in [2.24, 2.45) is 5.28 Å². The van der Waals surface area contributed by atoms with Crippen molar-refractivity contribution in [3.05, 3.63) is 71.1 Å². The smallest absolute Gasteiger partial charge is 0.511 e. The van der Waals surface area contributed by atoms with E-state index in [0.29, 0.717) is 5.56 Å². The number of benzene rings is 2. The summed E-state index contributed by atoms with van der Waals surface area (Å²) in [4.78, 5) is 28.1. The minimum atomic E-state index is -4.72. The summed E-state index contributed by atoms with van der Waals surface area (Å²) in [5.41, 5.74) is 0.492. The van der Waals surface area contributed by atoms with Crippen LogP contribution in [0.2, 0.25) is 0 Å². The number of carbonyl (C=O) groups is 2. The van der Waals surface area contributed by atoms with Gasteiger partial charge in [0.15, 0.2) is 11.7 Å². The highest BCUT2D eigenvalue weighted by Gasteiger charge is 2.42. The van der Waals surface area contributed by atoms with Gasteiger partial charge in [-0.25, -0.2) is 22.6 Å². The number of rotatable bonds is 10. The molecule has 2 heterocycles. The molecular weight excluding hydrogens is 613 g/mol. The summed E-state index contributed by atoms with van der Waals surface area (Å²) in [6, 6.07) is 11.1. The predicted molar refractivity (Wildman–Crippen MR) is 144 cm³/mol. The molecule has 14 nitrogen and oxygen atoms in total. The molecule has 1 aliphatic rings. The number of aryl methyl sites for hydroxylation is 1. The first-order chi connectivity index (χ1) is 20.7. The van der Waals surface area contributed by atoms with E-state index in [0.717, 1.165) is 33.5 Å². The van der Waals surface area contributed by atoms with Gasteiger partial charge in [0.05, 0.1) is 33.9 Å². The maximum atomic E-state index is 13.5. The van der Waals surface area contributed by atoms with E-state index < -0.39 is 52.9 Å². The van der Waals surface area contributed by atoms with E-state index in [1.807, 2.05) is 11.6 Å². The molecule has 1 amide bonds. The summed E-state index contributed by atoms with van der Waals surface area (Å²) in [5, 5.41) is 19.8. The Labute approximate surface area is 249 Å². The standard InChI is InChI=1S/C26H27F3N6O8S/c1-16(2)43-25(37)41-15-42-32-35(38)33-13-12-21(33)24(36)31-44(39,40)20-10-8-19(9-11-20)34-22(14-23(30-34)26(27,28)29)18-6-4-17(3)5-7-18/h4-11,14,16,21H,12-13,15H2,1-3H3,(H,31,36)/b35-32-/t21-/m0/s1. The van der Waals surface area contributed by atoms with Gasteiger partial charge in [0.2, 0.25) is 5.28 Å². The summed E-state index contributed by atoms with van der Waals surface area (Å²) >= 11 is 0. The predicted octanol–water partition coefficient (Wildman–Crippen LogP) is 4.07. The molecule has 0 aliphatic carbocycles. The first-order valence-corrected chi connectivity index (χ1v) is 14.5. The highest BCUT2D eigenvalue weighted by atomic mass is 32.2. The Kier molecular flexibility index (Phi) is 9.31. The number of hydrogen-bond donors (Lipinski definition) is 1. The molecule has 0 radical (unpaired) electrons. The maximum Gasteiger partial charge on any atom is 0.511 e. The molecule has 1 saturated heterocycles. The molecule has 236 valence electrons. The van der Waals surface area contributed by atoms with E-state index in [2.05, 4.69) is 20.0 Å². The molecule has 0 bridgehead atoms. The molecule has 0 saturated carbocycles. The summed E-state index contributed by atoms with van der Waals surface area (Å²) < 4.78 is 78.4. The zero-order valence-corrected chi connectivity index (χ0v) is 24.3. The average molecular weight is 641 g/mol. The van der Waals surface area contributed by atoms with Crippen molar-refractivity contribution in [3.8, 4) is 16.9 Å². The van der Waals surface area contributed by atoms with Crippen molar-refractivity contribution in [2.75, 3.05) is 13.3 Å². The van der Waals surface area contributed by atoms with Gasteiger partial charge >= 0.3 is 12.3 Å². The summed E-state index contributed by atoms with van der Waals surface area (Å²) in [5.74, 6) is -1.03. The van der Waals surface area contributed by atoms with Crippen LogP contribution in [0.25, 0.3) is 16.9 Å². The van der Waals surface area contributed by atoms with E-state index in [1.54, 1.807) is 38.1 Å². The Morgan fingerprint density at radius 1 is 1.16 bits per heavy atom. The molecule has 0 unspecified atom stereocenters. The summed E-state index contributed by atoms with van der Waals surface area (Å²) in [6.45, 7) is 4.31. The second kappa shape index (κ2) is 12.8. The van der Waals surface area contributed by atoms with E-state index in [4.69, 9.17) is 4.74 Å². The largest absolute Gasteiger partial charge is 0.569 e. The number of alkyl halides is 3. The van der Waals surface area contributed by atoms with Gasteiger partial charge in [-0.3, -0.25) is 4.79 Å². The summed E-state index contributed by atoms with van der Waals surface area (Å²) in [7, 11) is -4.44. The molecule has 1 aliphatic heterocycles. The molecule has 1 aromatic heterocycles. The van der Waals surface area contributed by atoms with E-state index in [1.165, 1.54) is 12.1 Å². The molecule has 4 rings (SSSR count). The van der Waals surface area contributed by atoms with Crippen LogP contribution in [0.3, 0.4) is 0 Å². The van der Waals surface area contributed by atoms with Crippen molar-refractivity contribution in [1.29, 1.82) is 0 Å². The van der Waals surface area contributed by atoms with E-state index in [-0.39, 0.29) is 34.2 Å². The highest BCUT2D eigenvalue weighted by molar-refractivity contribution is 7.90. The van der Waals surface area contributed by atoms with Crippen molar-refractivity contribution >= 4 is 22.1 Å². The van der Waals surface area contributed by atoms with Gasteiger partial charge in [0, 0.05) is 12.0 Å². The normalized spacial score (nSPS) is 15.5. The van der Waals surface area contributed by atoms with Crippen molar-refractivity contribution < 1.29 is 50.5 Å². The number of sulfonamides is 1. The number of hydrazine groups is 1. The van der Waals surface area contributed by atoms with Gasteiger partial charge < -0.3 is 19.5 Å². The molecule has 1 atom stereocenters. The zero-order chi connectivity index (χ0) is 32.2. The van der Waals surface area contributed by atoms with Gasteiger partial charge in [-0.05, 0) is 51.1 Å². The molecule has 2 aromatic carbocycles. The van der Waals surface area contributed by atoms with Crippen molar-refractivity contribution in [1.82, 2.24) is 19.5 Å². The second-order valence-electron chi connectivity index (χ2n) is 9.76. The lowest BCUT2D eigenvalue weighted by Gasteiger charge is -2.33. The number of amides is 1. The maximum absolute atomic E-state index is 13.5. The van der Waals surface area contributed by atoms with Gasteiger partial charge in [0.1, 0.15) is 0 Å². The number of hydrogen-bond acceptors (Lipinski definition) is 10. The minimum absolute atomic E-state index is 0.0482. The third kappa shape index (κ3) is 7.55. The fraction of sp³-hybridized carbons (Fsp3) is 0.346. The quantitative estimate of drug-likeness (QED) is 0.0852. The first kappa shape index (κ1) is 32.1. The SMILES string of the molecule is Cc1ccc(-c2cc(C(F)(F)F)nn2-c2ccc(S(=O)(=O)NC(=O)[C@@H]3CCN3/[N+]([O-])=N/OCOC(=O)OC(C)C)cc2)cc1. The Balaban J connectivity index is 1.44. The number of aromatic nitrogens is 2. The number of halogens is 3. The second-order valence-corrected chi connectivity index (χ2v) is 11.4. The van der Waals surface area contributed by atoms with Crippen LogP contribution < -0.4 is 4.72 Å². The Hall–Kier alpha value is -4.87. The number of nitrogens with one attached hydrogen (secondary N) is 1. The lowest BCUT2D eigenvalue weighted by Crippen LogP contribution is -2.59. The van der Waals surface area contributed by atoms with Gasteiger partial charge in [0.25, 0.3) is 22.7 Å². The van der Waals surface area contributed by atoms with Gasteiger partial charge in [-0.15, -0.1) is 5.01 Å². The van der Waals surface area contributed by atoms with Crippen molar-refractivity contribution in [2.45, 2.75) is 50.4 Å². The Bertz CT molecular complexity index is 1640. The highest BCUT2D eigenvalue weighted by Crippen LogP contribution is 2.33. The lowest BCUT2D eigenvalue weighted by molar-refractivity contribution is -0.729. The van der Waals surface area contributed by atoms with Crippen LogP contribution in [0.15, 0.2) is 64.8 Å². The molecule has 1 N–H and O–H groups in total. The minimum Gasteiger partial charge on any atom is -0.569 e. The van der Waals surface area contributed by atoms with Crippen LogP contribution >= 0.6 is 0 Å².